The summed E-state index contributed by atoms with van der Waals surface area (Å²) in [5.41, 5.74) is 0.826. The predicted molar refractivity (Wildman–Crippen MR) is 97.7 cm³/mol. The van der Waals surface area contributed by atoms with Crippen LogP contribution in [0.4, 0.5) is 5.82 Å². The van der Waals surface area contributed by atoms with Gasteiger partial charge in [-0.15, -0.1) is 0 Å². The lowest BCUT2D eigenvalue weighted by atomic mass is 10.1. The number of amides is 2. The molecule has 2 fully saturated rings. The third kappa shape index (κ3) is 2.89. The fourth-order valence-electron chi connectivity index (χ4n) is 3.99. The Morgan fingerprint density at radius 1 is 1.23 bits per heavy atom. The third-order valence-corrected chi connectivity index (χ3v) is 5.38. The van der Waals surface area contributed by atoms with E-state index in [0.717, 1.165) is 36.4 Å². The van der Waals surface area contributed by atoms with Crippen molar-refractivity contribution in [1.29, 1.82) is 0 Å². The van der Waals surface area contributed by atoms with E-state index in [1.54, 1.807) is 11.2 Å². The summed E-state index contributed by atoms with van der Waals surface area (Å²) in [4.78, 5) is 42.6. The van der Waals surface area contributed by atoms with Gasteiger partial charge in [0.05, 0.1) is 5.39 Å². The number of piperazine rings is 1. The molecule has 0 aromatic carbocycles. The minimum Gasteiger partial charge on any atom is -0.352 e. The maximum Gasteiger partial charge on any atom is 0.245 e. The molecule has 1 N–H and O–H groups in total. The van der Waals surface area contributed by atoms with Crippen LogP contribution in [0.3, 0.4) is 0 Å². The first-order valence-corrected chi connectivity index (χ1v) is 9.30. The number of H-pyrrole nitrogens is 1. The molecule has 8 nitrogen and oxygen atoms in total. The van der Waals surface area contributed by atoms with E-state index in [1.165, 1.54) is 0 Å². The van der Waals surface area contributed by atoms with Crippen molar-refractivity contribution >= 4 is 28.7 Å². The molecule has 4 rings (SSSR count). The zero-order valence-corrected chi connectivity index (χ0v) is 15.0. The molecular formula is C18H24N6O2. The lowest BCUT2D eigenvalue weighted by Crippen LogP contribution is -2.55. The van der Waals surface area contributed by atoms with Crippen LogP contribution in [0.2, 0.25) is 0 Å². The summed E-state index contributed by atoms with van der Waals surface area (Å²) in [6.45, 7) is 5.44. The number of hydrogen-bond donors (Lipinski definition) is 1. The van der Waals surface area contributed by atoms with Crippen LogP contribution < -0.4 is 4.90 Å². The first-order chi connectivity index (χ1) is 12.7. The van der Waals surface area contributed by atoms with Gasteiger partial charge in [-0.05, 0) is 18.9 Å². The summed E-state index contributed by atoms with van der Waals surface area (Å²) in [7, 11) is 0. The van der Waals surface area contributed by atoms with Crippen molar-refractivity contribution in [2.45, 2.75) is 32.2 Å². The van der Waals surface area contributed by atoms with Gasteiger partial charge in [-0.25, -0.2) is 9.97 Å². The number of aromatic amines is 1. The Hall–Kier alpha value is -2.64. The summed E-state index contributed by atoms with van der Waals surface area (Å²) >= 11 is 0. The molecule has 8 heteroatoms. The minimum absolute atomic E-state index is 0.0804. The Morgan fingerprint density at radius 2 is 2.04 bits per heavy atom. The largest absolute Gasteiger partial charge is 0.352 e. The number of carbonyl (C=O) groups excluding carboxylic acids is 2. The van der Waals surface area contributed by atoms with Crippen LogP contribution in [-0.2, 0) is 9.59 Å². The molecule has 0 aliphatic carbocycles. The smallest absolute Gasteiger partial charge is 0.245 e. The van der Waals surface area contributed by atoms with Crippen LogP contribution in [0.1, 0.15) is 26.2 Å². The highest BCUT2D eigenvalue weighted by atomic mass is 16.2. The second-order valence-corrected chi connectivity index (χ2v) is 6.86. The summed E-state index contributed by atoms with van der Waals surface area (Å²) in [6, 6.07) is 1.67. The fraction of sp³-hybridized carbons (Fsp3) is 0.556. The number of aromatic nitrogens is 3. The molecular weight excluding hydrogens is 332 g/mol. The Labute approximate surface area is 152 Å². The highest BCUT2D eigenvalue weighted by molar-refractivity contribution is 5.89. The third-order valence-electron chi connectivity index (χ3n) is 5.38. The molecule has 0 radical (unpaired) electrons. The van der Waals surface area contributed by atoms with Gasteiger partial charge in [0.15, 0.2) is 0 Å². The van der Waals surface area contributed by atoms with Gasteiger partial charge in [0.2, 0.25) is 11.8 Å². The first-order valence-electron chi connectivity index (χ1n) is 9.30. The van der Waals surface area contributed by atoms with Gasteiger partial charge in [0.1, 0.15) is 23.8 Å². The Bertz CT molecular complexity index is 811. The van der Waals surface area contributed by atoms with Gasteiger partial charge in [0, 0.05) is 45.3 Å². The van der Waals surface area contributed by atoms with Crippen molar-refractivity contribution in [3.05, 3.63) is 18.6 Å². The number of likely N-dealkylation sites (tertiary alicyclic amines) is 1. The molecule has 0 bridgehead atoms. The fourth-order valence-corrected chi connectivity index (χ4v) is 3.99. The van der Waals surface area contributed by atoms with E-state index < -0.39 is 0 Å². The van der Waals surface area contributed by atoms with Gasteiger partial charge < -0.3 is 19.7 Å². The topological polar surface area (TPSA) is 85.4 Å². The standard InChI is InChI=1S/C18H24N6O2/c1-2-14(24-7-3-4-15(24)25)18(26)23-10-8-22(9-11-23)17-13-5-6-19-16(13)20-12-21-17/h5-6,12,14H,2-4,7-11H2,1H3,(H,19,20,21). The Kier molecular flexibility index (Phi) is 4.48. The van der Waals surface area contributed by atoms with Crippen molar-refractivity contribution in [2.75, 3.05) is 37.6 Å². The van der Waals surface area contributed by atoms with E-state index >= 15 is 0 Å². The second kappa shape index (κ2) is 6.93. The Balaban J connectivity index is 1.43. The summed E-state index contributed by atoms with van der Waals surface area (Å²) in [5.74, 6) is 1.10. The summed E-state index contributed by atoms with van der Waals surface area (Å²) < 4.78 is 0. The molecule has 0 spiro atoms. The quantitative estimate of drug-likeness (QED) is 0.884. The number of fused-ring (bicyclic) bond motifs is 1. The molecule has 26 heavy (non-hydrogen) atoms. The van der Waals surface area contributed by atoms with Crippen molar-refractivity contribution in [2.24, 2.45) is 0 Å². The highest BCUT2D eigenvalue weighted by Crippen LogP contribution is 2.24. The molecule has 0 saturated carbocycles. The number of nitrogens with zero attached hydrogens (tertiary/aromatic N) is 5. The van der Waals surface area contributed by atoms with E-state index in [1.807, 2.05) is 24.1 Å². The first kappa shape index (κ1) is 16.8. The van der Waals surface area contributed by atoms with Crippen LogP contribution in [0.15, 0.2) is 18.6 Å². The minimum atomic E-state index is -0.313. The van der Waals surface area contributed by atoms with Crippen molar-refractivity contribution in [1.82, 2.24) is 24.8 Å². The Morgan fingerprint density at radius 3 is 2.73 bits per heavy atom. The molecule has 2 saturated heterocycles. The highest BCUT2D eigenvalue weighted by Gasteiger charge is 2.35. The second-order valence-electron chi connectivity index (χ2n) is 6.86. The normalized spacial score (nSPS) is 19.4. The number of hydrogen-bond acceptors (Lipinski definition) is 5. The lowest BCUT2D eigenvalue weighted by Gasteiger charge is -2.38. The van der Waals surface area contributed by atoms with E-state index in [-0.39, 0.29) is 17.9 Å². The van der Waals surface area contributed by atoms with Crippen LogP contribution >= 0.6 is 0 Å². The number of rotatable bonds is 4. The van der Waals surface area contributed by atoms with Gasteiger partial charge in [-0.3, -0.25) is 9.59 Å². The molecule has 2 amide bonds. The van der Waals surface area contributed by atoms with E-state index in [4.69, 9.17) is 0 Å². The maximum absolute atomic E-state index is 13.0. The van der Waals surface area contributed by atoms with Crippen LogP contribution in [0, 0.1) is 0 Å². The van der Waals surface area contributed by atoms with Gasteiger partial charge in [0.25, 0.3) is 0 Å². The average Bonchev–Trinajstić information content (AvgIpc) is 3.31. The predicted octanol–water partition coefficient (Wildman–Crippen LogP) is 1.01. The van der Waals surface area contributed by atoms with Crippen LogP contribution in [-0.4, -0.2) is 75.3 Å². The molecule has 2 aromatic rings. The SMILES string of the molecule is CCC(C(=O)N1CCN(c2ncnc3[nH]ccc23)CC1)N1CCCC1=O. The molecule has 2 aliphatic heterocycles. The molecule has 2 aliphatic rings. The lowest BCUT2D eigenvalue weighted by molar-refractivity contribution is -0.143. The van der Waals surface area contributed by atoms with Crippen molar-refractivity contribution < 1.29 is 9.59 Å². The van der Waals surface area contributed by atoms with Gasteiger partial charge >= 0.3 is 0 Å². The molecule has 2 aromatic heterocycles. The molecule has 138 valence electrons. The summed E-state index contributed by atoms with van der Waals surface area (Å²) in [5, 5.41) is 1.00. The number of carbonyl (C=O) groups is 2. The van der Waals surface area contributed by atoms with Gasteiger partial charge in [-0.2, -0.15) is 0 Å². The molecule has 4 heterocycles. The zero-order chi connectivity index (χ0) is 18.1. The van der Waals surface area contributed by atoms with Crippen LogP contribution in [0.5, 0.6) is 0 Å². The molecule has 1 unspecified atom stereocenters. The monoisotopic (exact) mass is 356 g/mol. The maximum atomic E-state index is 13.0. The number of nitrogens with one attached hydrogen (secondary N) is 1. The van der Waals surface area contributed by atoms with Crippen molar-refractivity contribution in [3.8, 4) is 0 Å². The van der Waals surface area contributed by atoms with Crippen LogP contribution in [0.25, 0.3) is 11.0 Å². The zero-order valence-electron chi connectivity index (χ0n) is 15.0. The number of anilines is 1. The van der Waals surface area contributed by atoms with E-state index in [2.05, 4.69) is 19.9 Å². The molecule has 1 atom stereocenters. The summed E-state index contributed by atoms with van der Waals surface area (Å²) in [6.07, 6.45) is 5.52. The van der Waals surface area contributed by atoms with E-state index in [9.17, 15) is 9.59 Å². The average molecular weight is 356 g/mol. The van der Waals surface area contributed by atoms with E-state index in [0.29, 0.717) is 32.5 Å². The van der Waals surface area contributed by atoms with Gasteiger partial charge in [-0.1, -0.05) is 6.92 Å². The van der Waals surface area contributed by atoms with Crippen molar-refractivity contribution in [3.63, 3.8) is 0 Å².